The average Bonchev–Trinajstić information content (AvgIpc) is 3.25. The van der Waals surface area contributed by atoms with Crippen LogP contribution in [-0.4, -0.2) is 37.2 Å². The van der Waals surface area contributed by atoms with Crippen molar-refractivity contribution in [3.63, 3.8) is 0 Å². The number of carbonyl (C=O) groups excluding carboxylic acids is 1. The Morgan fingerprint density at radius 2 is 1.97 bits per heavy atom. The number of anilines is 2. The normalized spacial score (nSPS) is 23.5. The minimum Gasteiger partial charge on any atom is -0.349 e. The van der Waals surface area contributed by atoms with Gasteiger partial charge in [0.05, 0.1) is 0 Å². The predicted molar refractivity (Wildman–Crippen MR) is 110 cm³/mol. The van der Waals surface area contributed by atoms with Gasteiger partial charge in [-0.15, -0.1) is 0 Å². The Kier molecular flexibility index (Phi) is 4.34. The summed E-state index contributed by atoms with van der Waals surface area (Å²) in [6.07, 6.45) is 10.0. The Morgan fingerprint density at radius 1 is 1.17 bits per heavy atom. The minimum atomic E-state index is -0.289. The third-order valence-electron chi connectivity index (χ3n) is 6.06. The van der Waals surface area contributed by atoms with E-state index in [2.05, 4.69) is 27.2 Å². The van der Waals surface area contributed by atoms with Crippen molar-refractivity contribution >= 4 is 23.1 Å². The fraction of sp³-hybridized carbons (Fsp3) is 0.429. The highest BCUT2D eigenvalue weighted by molar-refractivity contribution is 5.90. The van der Waals surface area contributed by atoms with E-state index in [0.29, 0.717) is 17.8 Å². The van der Waals surface area contributed by atoms with Crippen LogP contribution in [-0.2, 0) is 11.3 Å². The van der Waals surface area contributed by atoms with E-state index in [4.69, 9.17) is 0 Å². The molecule has 2 atom stereocenters. The zero-order chi connectivity index (χ0) is 20.0. The van der Waals surface area contributed by atoms with Gasteiger partial charge in [0.25, 0.3) is 5.56 Å². The number of aromatic nitrogens is 4. The van der Waals surface area contributed by atoms with Crippen molar-refractivity contribution in [3.05, 3.63) is 53.2 Å². The molecule has 0 saturated carbocycles. The summed E-state index contributed by atoms with van der Waals surface area (Å²) in [6.45, 7) is 2.19. The van der Waals surface area contributed by atoms with E-state index in [-0.39, 0.29) is 18.0 Å². The molecule has 2 bridgehead atoms. The topological polar surface area (TPSA) is 84.5 Å². The number of hydrogen-bond acceptors (Lipinski definition) is 5. The third kappa shape index (κ3) is 3.39. The van der Waals surface area contributed by atoms with Crippen molar-refractivity contribution in [3.8, 4) is 0 Å². The number of pyridine rings is 1. The highest BCUT2D eigenvalue weighted by atomic mass is 16.2. The average molecular weight is 392 g/mol. The van der Waals surface area contributed by atoms with Gasteiger partial charge in [0.2, 0.25) is 5.91 Å². The number of carbonyl (C=O) groups is 1. The maximum Gasteiger partial charge on any atom is 0.267 e. The Hall–Kier alpha value is -3.16. The SMILES string of the molecule is CC1CC2CCC(C1)N2c1ccc(=O)n(CC(=O)Nc2ccn3ccnc3c2)n1. The molecular formula is C21H24N6O2. The molecule has 3 aromatic rings. The zero-order valence-electron chi connectivity index (χ0n) is 16.4. The van der Waals surface area contributed by atoms with Gasteiger partial charge in [0, 0.05) is 48.5 Å². The molecule has 8 nitrogen and oxygen atoms in total. The number of nitrogens with one attached hydrogen (secondary N) is 1. The standard InChI is InChI=1S/C21H24N6O2/c1-14-10-16-2-3-17(11-14)27(16)18-4-5-21(29)26(24-18)13-20(28)23-15-6-8-25-9-7-22-19(25)12-15/h4-9,12,14,16-17H,2-3,10-11,13H2,1H3,(H,23,28). The summed E-state index contributed by atoms with van der Waals surface area (Å²) in [6, 6.07) is 7.87. The maximum atomic E-state index is 12.5. The number of rotatable bonds is 4. The van der Waals surface area contributed by atoms with Crippen LogP contribution in [0.5, 0.6) is 0 Å². The van der Waals surface area contributed by atoms with Gasteiger partial charge in [-0.2, -0.15) is 5.10 Å². The van der Waals surface area contributed by atoms with Gasteiger partial charge in [0.15, 0.2) is 0 Å². The van der Waals surface area contributed by atoms with Crippen LogP contribution >= 0.6 is 0 Å². The van der Waals surface area contributed by atoms with Crippen molar-refractivity contribution in [2.45, 2.75) is 51.2 Å². The van der Waals surface area contributed by atoms with Crippen molar-refractivity contribution in [1.29, 1.82) is 0 Å². The molecular weight excluding hydrogens is 368 g/mol. The number of piperidine rings is 1. The zero-order valence-corrected chi connectivity index (χ0v) is 16.4. The first-order chi connectivity index (χ1) is 14.1. The molecule has 150 valence electrons. The highest BCUT2D eigenvalue weighted by Crippen LogP contribution is 2.40. The monoisotopic (exact) mass is 392 g/mol. The molecule has 0 aliphatic carbocycles. The van der Waals surface area contributed by atoms with E-state index in [1.807, 2.05) is 16.8 Å². The lowest BCUT2D eigenvalue weighted by atomic mass is 9.92. The van der Waals surface area contributed by atoms with Crippen LogP contribution < -0.4 is 15.8 Å². The molecule has 3 aromatic heterocycles. The molecule has 2 aliphatic heterocycles. The summed E-state index contributed by atoms with van der Waals surface area (Å²) >= 11 is 0. The van der Waals surface area contributed by atoms with Crippen molar-refractivity contribution in [2.75, 3.05) is 10.2 Å². The van der Waals surface area contributed by atoms with Crippen LogP contribution in [0, 0.1) is 5.92 Å². The van der Waals surface area contributed by atoms with E-state index >= 15 is 0 Å². The van der Waals surface area contributed by atoms with Crippen LogP contribution in [0.15, 0.2) is 47.7 Å². The largest absolute Gasteiger partial charge is 0.349 e. The molecule has 0 radical (unpaired) electrons. The van der Waals surface area contributed by atoms with E-state index in [9.17, 15) is 9.59 Å². The van der Waals surface area contributed by atoms with E-state index in [1.54, 1.807) is 24.4 Å². The van der Waals surface area contributed by atoms with Gasteiger partial charge in [0.1, 0.15) is 18.0 Å². The second kappa shape index (κ2) is 7.02. The Bertz CT molecular complexity index is 1110. The smallest absolute Gasteiger partial charge is 0.267 e. The van der Waals surface area contributed by atoms with Gasteiger partial charge in [-0.1, -0.05) is 6.92 Å². The first kappa shape index (κ1) is 17.9. The van der Waals surface area contributed by atoms with Crippen molar-refractivity contribution in [1.82, 2.24) is 19.2 Å². The molecule has 0 spiro atoms. The summed E-state index contributed by atoms with van der Waals surface area (Å²) in [5.41, 5.74) is 1.11. The summed E-state index contributed by atoms with van der Waals surface area (Å²) in [4.78, 5) is 31.4. The Labute approximate surface area is 168 Å². The first-order valence-corrected chi connectivity index (χ1v) is 10.2. The van der Waals surface area contributed by atoms with Gasteiger partial charge in [-0.25, -0.2) is 9.67 Å². The van der Waals surface area contributed by atoms with E-state index in [1.165, 1.54) is 23.6 Å². The molecule has 0 aromatic carbocycles. The molecule has 2 aliphatic rings. The van der Waals surface area contributed by atoms with Gasteiger partial charge in [-0.05, 0) is 43.7 Å². The van der Waals surface area contributed by atoms with Gasteiger partial charge in [-0.3, -0.25) is 9.59 Å². The van der Waals surface area contributed by atoms with E-state index < -0.39 is 0 Å². The summed E-state index contributed by atoms with van der Waals surface area (Å²) in [7, 11) is 0. The molecule has 2 unspecified atom stereocenters. The minimum absolute atomic E-state index is 0.119. The highest BCUT2D eigenvalue weighted by Gasteiger charge is 2.40. The lowest BCUT2D eigenvalue weighted by molar-refractivity contribution is -0.117. The molecule has 2 saturated heterocycles. The molecule has 2 fully saturated rings. The fourth-order valence-corrected chi connectivity index (χ4v) is 4.84. The number of imidazole rings is 1. The van der Waals surface area contributed by atoms with Crippen molar-refractivity contribution < 1.29 is 4.79 Å². The lowest BCUT2D eigenvalue weighted by Gasteiger charge is -2.38. The van der Waals surface area contributed by atoms with Crippen LogP contribution in [0.1, 0.15) is 32.6 Å². The Balaban J connectivity index is 1.34. The number of hydrogen-bond donors (Lipinski definition) is 1. The molecule has 1 amide bonds. The molecule has 1 N–H and O–H groups in total. The lowest BCUT2D eigenvalue weighted by Crippen LogP contribution is -2.44. The predicted octanol–water partition coefficient (Wildman–Crippen LogP) is 2.30. The number of fused-ring (bicyclic) bond motifs is 3. The molecule has 5 heterocycles. The quantitative estimate of drug-likeness (QED) is 0.736. The van der Waals surface area contributed by atoms with E-state index in [0.717, 1.165) is 30.2 Å². The third-order valence-corrected chi connectivity index (χ3v) is 6.06. The first-order valence-electron chi connectivity index (χ1n) is 10.2. The molecule has 8 heteroatoms. The number of amides is 1. The summed E-state index contributed by atoms with van der Waals surface area (Å²) in [5, 5.41) is 7.37. The fourth-order valence-electron chi connectivity index (χ4n) is 4.84. The van der Waals surface area contributed by atoms with Gasteiger partial charge < -0.3 is 14.6 Å². The van der Waals surface area contributed by atoms with Crippen LogP contribution in [0.3, 0.4) is 0 Å². The van der Waals surface area contributed by atoms with Crippen LogP contribution in [0.25, 0.3) is 5.65 Å². The van der Waals surface area contributed by atoms with Crippen LogP contribution in [0.2, 0.25) is 0 Å². The number of nitrogens with zero attached hydrogens (tertiary/aromatic N) is 5. The summed E-state index contributed by atoms with van der Waals surface area (Å²) in [5.74, 6) is 1.24. The maximum absolute atomic E-state index is 12.5. The van der Waals surface area contributed by atoms with Crippen LogP contribution in [0.4, 0.5) is 11.5 Å². The summed E-state index contributed by atoms with van der Waals surface area (Å²) < 4.78 is 3.12. The Morgan fingerprint density at radius 3 is 2.76 bits per heavy atom. The molecule has 5 rings (SSSR count). The van der Waals surface area contributed by atoms with Crippen molar-refractivity contribution in [2.24, 2.45) is 5.92 Å². The van der Waals surface area contributed by atoms with Gasteiger partial charge >= 0.3 is 0 Å². The second-order valence-corrected chi connectivity index (χ2v) is 8.21. The molecule has 29 heavy (non-hydrogen) atoms. The second-order valence-electron chi connectivity index (χ2n) is 8.21.